The second-order valence-electron chi connectivity index (χ2n) is 7.16. The molecule has 3 aromatic carbocycles. The van der Waals surface area contributed by atoms with E-state index in [9.17, 15) is 9.65 Å². The van der Waals surface area contributed by atoms with Gasteiger partial charge in [0, 0.05) is 24.2 Å². The van der Waals surface area contributed by atoms with Crippen LogP contribution < -0.4 is 10.5 Å². The van der Waals surface area contributed by atoms with Crippen LogP contribution in [-0.2, 0) is 13.5 Å². The molecule has 0 aliphatic heterocycles. The van der Waals surface area contributed by atoms with Crippen LogP contribution >= 0.6 is 0 Å². The smallest absolute Gasteiger partial charge is 0.218 e. The molecule has 2 N–H and O–H groups in total. The number of benzene rings is 3. The Balaban J connectivity index is 1.70. The third-order valence-corrected chi connectivity index (χ3v) is 4.98. The highest BCUT2D eigenvalue weighted by Crippen LogP contribution is 2.35. The van der Waals surface area contributed by atoms with Crippen molar-refractivity contribution in [3.63, 3.8) is 0 Å². The molecule has 0 spiro atoms. The van der Waals surface area contributed by atoms with Crippen molar-refractivity contribution in [3.05, 3.63) is 89.7 Å². The van der Waals surface area contributed by atoms with E-state index in [1.807, 2.05) is 30.3 Å². The zero-order chi connectivity index (χ0) is 21.8. The number of hydrogen-bond donors (Lipinski definition) is 1. The Morgan fingerprint density at radius 3 is 2.55 bits per heavy atom. The van der Waals surface area contributed by atoms with E-state index >= 15 is 0 Å². The molecule has 0 unspecified atom stereocenters. The number of aryl methyl sites for hydroxylation is 1. The summed E-state index contributed by atoms with van der Waals surface area (Å²) in [4.78, 5) is 0. The highest BCUT2D eigenvalue weighted by Gasteiger charge is 2.14. The molecule has 0 atom stereocenters. The Kier molecular flexibility index (Phi) is 5.78. The molecule has 1 heterocycles. The van der Waals surface area contributed by atoms with E-state index < -0.39 is 0 Å². The number of ether oxygens (including phenoxy) is 1. The normalized spacial score (nSPS) is 10.6. The second-order valence-corrected chi connectivity index (χ2v) is 7.16. The first-order chi connectivity index (χ1) is 15.1. The van der Waals surface area contributed by atoms with Crippen LogP contribution in [0, 0.1) is 17.1 Å². The van der Waals surface area contributed by atoms with Gasteiger partial charge in [-0.15, -0.1) is 0 Å². The maximum Gasteiger partial charge on any atom is 0.218 e. The number of nitrogens with two attached hydrogens (primary N) is 1. The molecule has 4 rings (SSSR count). The molecule has 0 saturated heterocycles. The molecular weight excluding hydrogens is 391 g/mol. The summed E-state index contributed by atoms with van der Waals surface area (Å²) < 4.78 is 21.4. The minimum Gasteiger partial charge on any atom is -0.439 e. The Morgan fingerprint density at radius 2 is 1.84 bits per heavy atom. The Labute approximate surface area is 180 Å². The highest BCUT2D eigenvalue weighted by molar-refractivity contribution is 5.72. The van der Waals surface area contributed by atoms with Gasteiger partial charge in [-0.25, -0.2) is 9.07 Å². The number of rotatable bonds is 6. The summed E-state index contributed by atoms with van der Waals surface area (Å²) in [5.41, 5.74) is 10.4. The molecule has 1 aromatic heterocycles. The first-order valence-corrected chi connectivity index (χ1v) is 9.89. The van der Waals surface area contributed by atoms with Gasteiger partial charge in [0.2, 0.25) is 5.88 Å². The van der Waals surface area contributed by atoms with Gasteiger partial charge < -0.3 is 10.5 Å². The lowest BCUT2D eigenvalue weighted by Crippen LogP contribution is -2.02. The quantitative estimate of drug-likeness (QED) is 0.480. The van der Waals surface area contributed by atoms with Crippen molar-refractivity contribution < 1.29 is 9.13 Å². The third-order valence-electron chi connectivity index (χ3n) is 4.98. The van der Waals surface area contributed by atoms with E-state index in [2.05, 4.69) is 11.2 Å². The van der Waals surface area contributed by atoms with Gasteiger partial charge in [-0.05, 0) is 54.4 Å². The maximum atomic E-state index is 13.6. The largest absolute Gasteiger partial charge is 0.439 e. The average molecular weight is 412 g/mol. The second kappa shape index (κ2) is 8.82. The van der Waals surface area contributed by atoms with Crippen molar-refractivity contribution >= 4 is 0 Å². The molecule has 0 bridgehead atoms. The molecule has 0 radical (unpaired) electrons. The lowest BCUT2D eigenvalue weighted by atomic mass is 10.0. The fraction of sp³-hybridized carbons (Fsp3) is 0.120. The van der Waals surface area contributed by atoms with Gasteiger partial charge in [-0.2, -0.15) is 10.4 Å². The van der Waals surface area contributed by atoms with Crippen molar-refractivity contribution in [3.8, 4) is 40.1 Å². The fourth-order valence-electron chi connectivity index (χ4n) is 3.38. The summed E-state index contributed by atoms with van der Waals surface area (Å²) in [6.45, 7) is 0.596. The molecule has 31 heavy (non-hydrogen) atoms. The fourth-order valence-corrected chi connectivity index (χ4v) is 3.38. The lowest BCUT2D eigenvalue weighted by Gasteiger charge is -2.12. The van der Waals surface area contributed by atoms with Gasteiger partial charge in [-0.3, -0.25) is 0 Å². The van der Waals surface area contributed by atoms with E-state index in [0.29, 0.717) is 35.0 Å². The van der Waals surface area contributed by atoms with Gasteiger partial charge in [0.05, 0.1) is 17.3 Å². The first kappa shape index (κ1) is 20.3. The van der Waals surface area contributed by atoms with Crippen LogP contribution in [0.2, 0.25) is 0 Å². The van der Waals surface area contributed by atoms with Crippen LogP contribution in [0.1, 0.15) is 11.1 Å². The Hall–Kier alpha value is -3.95. The van der Waals surface area contributed by atoms with Gasteiger partial charge in [0.1, 0.15) is 11.6 Å². The molecule has 154 valence electrons. The molecule has 5 nitrogen and oxygen atoms in total. The summed E-state index contributed by atoms with van der Waals surface area (Å²) in [5.74, 6) is 0.697. The summed E-state index contributed by atoms with van der Waals surface area (Å²) >= 11 is 0. The lowest BCUT2D eigenvalue weighted by molar-refractivity contribution is 0.432. The molecule has 6 heteroatoms. The predicted molar refractivity (Wildman–Crippen MR) is 118 cm³/mol. The van der Waals surface area contributed by atoms with Crippen LogP contribution in [0.25, 0.3) is 22.4 Å². The standard InChI is InChI=1S/C25H21FN4O/c1-30-25(15-23(29-30)20-3-2-4-21(26)14-20)31-24-13-18(16-28)7-10-22(24)19-8-5-17(6-9-19)11-12-27/h2-10,13-15H,11-12,27H2,1H3. The van der Waals surface area contributed by atoms with E-state index in [0.717, 1.165) is 23.1 Å². The minimum atomic E-state index is -0.326. The van der Waals surface area contributed by atoms with Crippen molar-refractivity contribution in [2.45, 2.75) is 6.42 Å². The Morgan fingerprint density at radius 1 is 1.03 bits per heavy atom. The van der Waals surface area contributed by atoms with Crippen LogP contribution in [0.15, 0.2) is 72.8 Å². The molecule has 0 fully saturated rings. The van der Waals surface area contributed by atoms with Crippen LogP contribution in [0.5, 0.6) is 11.6 Å². The topological polar surface area (TPSA) is 76.9 Å². The van der Waals surface area contributed by atoms with Crippen LogP contribution in [-0.4, -0.2) is 16.3 Å². The SMILES string of the molecule is Cn1nc(-c2cccc(F)c2)cc1Oc1cc(C#N)ccc1-c1ccc(CCN)cc1. The van der Waals surface area contributed by atoms with E-state index in [1.165, 1.54) is 12.1 Å². The monoisotopic (exact) mass is 412 g/mol. The van der Waals surface area contributed by atoms with Gasteiger partial charge >= 0.3 is 0 Å². The predicted octanol–water partition coefficient (Wildman–Crippen LogP) is 5.06. The number of nitrogens with zero attached hydrogens (tertiary/aromatic N) is 3. The van der Waals surface area contributed by atoms with Crippen molar-refractivity contribution in [2.24, 2.45) is 12.8 Å². The molecule has 0 amide bonds. The number of nitriles is 1. The number of halogens is 1. The summed E-state index contributed by atoms with van der Waals surface area (Å²) in [7, 11) is 1.76. The van der Waals surface area contributed by atoms with Gasteiger partial charge in [-0.1, -0.05) is 36.4 Å². The minimum absolute atomic E-state index is 0.326. The molecular formula is C25H21FN4O. The van der Waals surface area contributed by atoms with Crippen LogP contribution in [0.3, 0.4) is 0 Å². The summed E-state index contributed by atoms with van der Waals surface area (Å²) in [6.07, 6.45) is 0.814. The molecule has 0 aliphatic carbocycles. The Bertz CT molecular complexity index is 1260. The number of hydrogen-bond acceptors (Lipinski definition) is 4. The zero-order valence-electron chi connectivity index (χ0n) is 17.0. The third kappa shape index (κ3) is 4.47. The van der Waals surface area contributed by atoms with E-state index in [4.69, 9.17) is 10.5 Å². The van der Waals surface area contributed by atoms with Crippen molar-refractivity contribution in [1.29, 1.82) is 5.26 Å². The average Bonchev–Trinajstić information content (AvgIpc) is 3.15. The summed E-state index contributed by atoms with van der Waals surface area (Å²) in [6, 6.07) is 23.6. The van der Waals surface area contributed by atoms with Crippen LogP contribution in [0.4, 0.5) is 4.39 Å². The molecule has 0 saturated carbocycles. The first-order valence-electron chi connectivity index (χ1n) is 9.89. The molecule has 4 aromatic rings. The maximum absolute atomic E-state index is 13.6. The molecule has 0 aliphatic rings. The number of aromatic nitrogens is 2. The van der Waals surface area contributed by atoms with E-state index in [-0.39, 0.29) is 5.82 Å². The van der Waals surface area contributed by atoms with Crippen molar-refractivity contribution in [2.75, 3.05) is 6.54 Å². The van der Waals surface area contributed by atoms with Gasteiger partial charge in [0.15, 0.2) is 0 Å². The zero-order valence-corrected chi connectivity index (χ0v) is 17.0. The summed E-state index contributed by atoms with van der Waals surface area (Å²) in [5, 5.41) is 13.8. The highest BCUT2D eigenvalue weighted by atomic mass is 19.1. The van der Waals surface area contributed by atoms with Gasteiger partial charge in [0.25, 0.3) is 0 Å². The van der Waals surface area contributed by atoms with E-state index in [1.54, 1.807) is 42.1 Å². The van der Waals surface area contributed by atoms with Crippen molar-refractivity contribution in [1.82, 2.24) is 9.78 Å².